The van der Waals surface area contributed by atoms with E-state index in [2.05, 4.69) is 10.1 Å². The Balaban J connectivity index is 1.94. The van der Waals surface area contributed by atoms with Crippen LogP contribution in [0.4, 0.5) is 13.2 Å². The van der Waals surface area contributed by atoms with Gasteiger partial charge in [0.05, 0.1) is 11.3 Å². The second-order valence-electron chi connectivity index (χ2n) is 5.32. The van der Waals surface area contributed by atoms with Crippen LogP contribution in [0, 0.1) is 6.92 Å². The predicted molar refractivity (Wildman–Crippen MR) is 85.0 cm³/mol. The quantitative estimate of drug-likeness (QED) is 0.598. The number of benzene rings is 1. The Morgan fingerprint density at radius 1 is 1.24 bits per heavy atom. The highest BCUT2D eigenvalue weighted by molar-refractivity contribution is 6.31. The van der Waals surface area contributed by atoms with E-state index in [1.165, 1.54) is 22.9 Å². The van der Waals surface area contributed by atoms with E-state index in [0.717, 1.165) is 12.1 Å². The second kappa shape index (κ2) is 6.03. The first-order valence-electron chi connectivity index (χ1n) is 7.06. The molecular weight excluding hydrogens is 359 g/mol. The molecule has 0 radical (unpaired) electrons. The Bertz CT molecular complexity index is 912. The number of hydrogen-bond donors (Lipinski definition) is 0. The van der Waals surface area contributed by atoms with Crippen molar-refractivity contribution >= 4 is 29.5 Å². The third-order valence-corrected chi connectivity index (χ3v) is 4.01. The third kappa shape index (κ3) is 3.30. The van der Waals surface area contributed by atoms with Gasteiger partial charge in [-0.25, -0.2) is 9.79 Å². The van der Waals surface area contributed by atoms with Crippen LogP contribution >= 0.6 is 11.6 Å². The highest BCUT2D eigenvalue weighted by Crippen LogP contribution is 2.30. The predicted octanol–water partition coefficient (Wildman–Crippen LogP) is 3.75. The van der Waals surface area contributed by atoms with E-state index in [9.17, 15) is 18.0 Å². The zero-order valence-corrected chi connectivity index (χ0v) is 13.8. The fraction of sp³-hybridized carbons (Fsp3) is 0.188. The molecule has 25 heavy (non-hydrogen) atoms. The number of alkyl halides is 3. The van der Waals surface area contributed by atoms with Crippen LogP contribution in [0.2, 0.25) is 5.15 Å². The minimum Gasteiger partial charge on any atom is -0.402 e. The van der Waals surface area contributed by atoms with E-state index in [1.54, 1.807) is 14.0 Å². The molecule has 0 N–H and O–H groups in total. The number of aromatic nitrogens is 2. The molecular formula is C16H11ClF3N3O2. The average Bonchev–Trinajstić information content (AvgIpc) is 3.02. The molecule has 1 aromatic carbocycles. The topological polar surface area (TPSA) is 56.5 Å². The number of rotatable bonds is 2. The van der Waals surface area contributed by atoms with Gasteiger partial charge in [-0.05, 0) is 37.3 Å². The maximum atomic E-state index is 12.6. The highest BCUT2D eigenvalue weighted by atomic mass is 35.5. The van der Waals surface area contributed by atoms with Gasteiger partial charge in [-0.3, -0.25) is 4.68 Å². The summed E-state index contributed by atoms with van der Waals surface area (Å²) in [6, 6.07) is 4.19. The standard InChI is InChI=1S/C16H11ClF3N3O2/c1-8-11(13(17)23(2)22-8)7-12-15(24)25-14(21-12)9-3-5-10(6-4-9)16(18,19)20/h3-7H,1-2H3. The molecule has 1 aliphatic rings. The molecule has 0 saturated carbocycles. The van der Waals surface area contributed by atoms with Gasteiger partial charge < -0.3 is 4.74 Å². The van der Waals surface area contributed by atoms with Gasteiger partial charge in [0.2, 0.25) is 5.90 Å². The van der Waals surface area contributed by atoms with Gasteiger partial charge in [-0.15, -0.1) is 0 Å². The number of halogens is 4. The SMILES string of the molecule is Cc1nn(C)c(Cl)c1C=C1N=C(c2ccc(C(F)(F)F)cc2)OC1=O. The van der Waals surface area contributed by atoms with Crippen molar-refractivity contribution in [3.63, 3.8) is 0 Å². The van der Waals surface area contributed by atoms with Crippen LogP contribution in [-0.2, 0) is 22.8 Å². The Hall–Kier alpha value is -2.61. The number of esters is 1. The van der Waals surface area contributed by atoms with Crippen LogP contribution in [0.1, 0.15) is 22.4 Å². The van der Waals surface area contributed by atoms with Crippen molar-refractivity contribution in [2.45, 2.75) is 13.1 Å². The van der Waals surface area contributed by atoms with Gasteiger partial charge in [0.15, 0.2) is 5.70 Å². The number of nitrogens with zero attached hydrogens (tertiary/aromatic N) is 3. The van der Waals surface area contributed by atoms with Gasteiger partial charge >= 0.3 is 12.1 Å². The van der Waals surface area contributed by atoms with Crippen LogP contribution in [0.5, 0.6) is 0 Å². The summed E-state index contributed by atoms with van der Waals surface area (Å²) < 4.78 is 44.3. The summed E-state index contributed by atoms with van der Waals surface area (Å²) in [5.74, 6) is -0.781. The van der Waals surface area contributed by atoms with Crippen LogP contribution in [0.15, 0.2) is 35.0 Å². The molecule has 9 heteroatoms. The van der Waals surface area contributed by atoms with Gasteiger partial charge in [0.25, 0.3) is 0 Å². The van der Waals surface area contributed by atoms with Crippen LogP contribution < -0.4 is 0 Å². The zero-order chi connectivity index (χ0) is 18.4. The molecule has 1 aromatic heterocycles. The molecule has 5 nitrogen and oxygen atoms in total. The van der Waals surface area contributed by atoms with Crippen molar-refractivity contribution in [1.82, 2.24) is 9.78 Å². The molecule has 0 spiro atoms. The van der Waals surface area contributed by atoms with Crippen molar-refractivity contribution < 1.29 is 22.7 Å². The molecule has 0 atom stereocenters. The molecule has 0 aliphatic carbocycles. The first-order chi connectivity index (χ1) is 11.7. The monoisotopic (exact) mass is 369 g/mol. The largest absolute Gasteiger partial charge is 0.416 e. The van der Waals surface area contributed by atoms with Crippen molar-refractivity contribution in [3.05, 3.63) is 57.5 Å². The van der Waals surface area contributed by atoms with E-state index in [1.807, 2.05) is 0 Å². The Labute approximate surface area is 145 Å². The van der Waals surface area contributed by atoms with Crippen molar-refractivity contribution in [2.75, 3.05) is 0 Å². The molecule has 1 aliphatic heterocycles. The Morgan fingerprint density at radius 3 is 2.40 bits per heavy atom. The minimum absolute atomic E-state index is 0.00658. The van der Waals surface area contributed by atoms with E-state index in [4.69, 9.17) is 16.3 Å². The maximum Gasteiger partial charge on any atom is 0.416 e. The van der Waals surface area contributed by atoms with Crippen molar-refractivity contribution in [1.29, 1.82) is 0 Å². The van der Waals surface area contributed by atoms with Crippen LogP contribution in [-0.4, -0.2) is 21.6 Å². The van der Waals surface area contributed by atoms with Gasteiger partial charge in [-0.2, -0.15) is 18.3 Å². The van der Waals surface area contributed by atoms with E-state index >= 15 is 0 Å². The summed E-state index contributed by atoms with van der Waals surface area (Å²) in [6.45, 7) is 1.72. The average molecular weight is 370 g/mol. The van der Waals surface area contributed by atoms with Crippen molar-refractivity contribution in [3.8, 4) is 0 Å². The Kier molecular flexibility index (Phi) is 4.16. The summed E-state index contributed by atoms with van der Waals surface area (Å²) in [5.41, 5.74) is 0.584. The zero-order valence-electron chi connectivity index (χ0n) is 13.1. The molecule has 3 rings (SSSR count). The number of cyclic esters (lactones) is 1. The summed E-state index contributed by atoms with van der Waals surface area (Å²) in [6.07, 6.45) is -3.00. The summed E-state index contributed by atoms with van der Waals surface area (Å²) in [7, 11) is 1.65. The van der Waals surface area contributed by atoms with E-state index in [-0.39, 0.29) is 17.2 Å². The summed E-state index contributed by atoms with van der Waals surface area (Å²) >= 11 is 6.10. The molecule has 0 unspecified atom stereocenters. The molecule has 0 amide bonds. The van der Waals surface area contributed by atoms with Crippen molar-refractivity contribution in [2.24, 2.45) is 12.0 Å². The molecule has 0 bridgehead atoms. The number of aryl methyl sites for hydroxylation is 2. The number of carbonyl (C=O) groups is 1. The number of aliphatic imine (C=N–C) groups is 1. The summed E-state index contributed by atoms with van der Waals surface area (Å²) in [5, 5.41) is 4.45. The number of hydrogen-bond acceptors (Lipinski definition) is 4. The fourth-order valence-corrected chi connectivity index (χ4v) is 2.51. The summed E-state index contributed by atoms with van der Waals surface area (Å²) in [4.78, 5) is 16.0. The molecule has 2 heterocycles. The lowest BCUT2D eigenvalue weighted by molar-refractivity contribution is -0.137. The maximum absolute atomic E-state index is 12.6. The lowest BCUT2D eigenvalue weighted by Crippen LogP contribution is -2.08. The molecule has 0 fully saturated rings. The molecule has 130 valence electrons. The smallest absolute Gasteiger partial charge is 0.402 e. The number of ether oxygens (including phenoxy) is 1. The van der Waals surface area contributed by atoms with Crippen LogP contribution in [0.3, 0.4) is 0 Å². The lowest BCUT2D eigenvalue weighted by atomic mass is 10.1. The van der Waals surface area contributed by atoms with Gasteiger partial charge in [0.1, 0.15) is 5.15 Å². The van der Waals surface area contributed by atoms with E-state index in [0.29, 0.717) is 16.4 Å². The first kappa shape index (κ1) is 17.2. The first-order valence-corrected chi connectivity index (χ1v) is 7.44. The minimum atomic E-state index is -4.44. The Morgan fingerprint density at radius 2 is 1.88 bits per heavy atom. The third-order valence-electron chi connectivity index (χ3n) is 3.56. The lowest BCUT2D eigenvalue weighted by Gasteiger charge is -2.06. The van der Waals surface area contributed by atoms with Crippen LogP contribution in [0.25, 0.3) is 6.08 Å². The second-order valence-corrected chi connectivity index (χ2v) is 5.68. The van der Waals surface area contributed by atoms with E-state index < -0.39 is 17.7 Å². The highest BCUT2D eigenvalue weighted by Gasteiger charge is 2.31. The normalized spacial score (nSPS) is 16.3. The fourth-order valence-electron chi connectivity index (χ4n) is 2.28. The number of carbonyl (C=O) groups excluding carboxylic acids is 1. The van der Waals surface area contributed by atoms with Gasteiger partial charge in [0, 0.05) is 18.2 Å². The molecule has 0 saturated heterocycles. The molecule has 2 aromatic rings. The van der Waals surface area contributed by atoms with Gasteiger partial charge in [-0.1, -0.05) is 11.6 Å².